The van der Waals surface area contributed by atoms with E-state index in [2.05, 4.69) is 20.9 Å². The highest BCUT2D eigenvalue weighted by atomic mass is 16.7. The fraction of sp³-hybridized carbons (Fsp3) is 0.950. The van der Waals surface area contributed by atoms with Crippen molar-refractivity contribution in [2.45, 2.75) is 56.8 Å². The van der Waals surface area contributed by atoms with E-state index in [1.165, 1.54) is 32.6 Å². The van der Waals surface area contributed by atoms with Gasteiger partial charge in [-0.05, 0) is 38.5 Å². The molecule has 5 rings (SSSR count). The minimum absolute atomic E-state index is 0.0228. The molecule has 0 radical (unpaired) electrons. The highest BCUT2D eigenvalue weighted by Gasteiger charge is 2.77. The summed E-state index contributed by atoms with van der Waals surface area (Å²) < 4.78 is 12.5. The minimum Gasteiger partial charge on any atom is -0.455 e. The van der Waals surface area contributed by atoms with Gasteiger partial charge in [-0.3, -0.25) is 4.79 Å². The van der Waals surface area contributed by atoms with Crippen LogP contribution in [0.1, 0.15) is 39.5 Å². The average Bonchev–Trinajstić information content (AvgIpc) is 3.20. The number of piperazine rings is 1. The van der Waals surface area contributed by atoms with Gasteiger partial charge in [0.15, 0.2) is 0 Å². The molecule has 0 amide bonds. The third kappa shape index (κ3) is 2.28. The van der Waals surface area contributed by atoms with Crippen molar-refractivity contribution in [2.24, 2.45) is 23.7 Å². The van der Waals surface area contributed by atoms with Gasteiger partial charge in [0.2, 0.25) is 0 Å². The maximum atomic E-state index is 13.0. The number of ether oxygens (including phenoxy) is 2. The number of epoxide rings is 1. The molecular weight excluding hydrogens is 316 g/mol. The Morgan fingerprint density at radius 2 is 1.88 bits per heavy atom. The second-order valence-corrected chi connectivity index (χ2v) is 9.91. The van der Waals surface area contributed by atoms with Crippen molar-refractivity contribution >= 4 is 5.97 Å². The average molecular weight is 351 g/mol. The summed E-state index contributed by atoms with van der Waals surface area (Å²) in [6.07, 6.45) is 4.84. The van der Waals surface area contributed by atoms with Gasteiger partial charge >= 0.3 is 5.97 Å². The Balaban J connectivity index is 1.41. The number of likely N-dealkylation sites (N-methyl/N-ethyl adjacent to an activating group) is 1. The van der Waals surface area contributed by atoms with Gasteiger partial charge in [-0.15, -0.1) is 0 Å². The molecule has 25 heavy (non-hydrogen) atoms. The predicted octanol–water partition coefficient (Wildman–Crippen LogP) is -1.07. The van der Waals surface area contributed by atoms with Gasteiger partial charge in [-0.1, -0.05) is 6.92 Å². The molecule has 5 nitrogen and oxygen atoms in total. The van der Waals surface area contributed by atoms with Crippen LogP contribution >= 0.6 is 0 Å². The molecule has 3 heterocycles. The quantitative estimate of drug-likeness (QED) is 0.492. The number of fused-ring (bicyclic) bond motifs is 1. The monoisotopic (exact) mass is 350 g/mol. The zero-order valence-electron chi connectivity index (χ0n) is 16.0. The summed E-state index contributed by atoms with van der Waals surface area (Å²) in [5.41, 5.74) is -0.325. The van der Waals surface area contributed by atoms with Crippen LogP contribution in [0.2, 0.25) is 0 Å². The molecule has 3 aliphatic heterocycles. The van der Waals surface area contributed by atoms with Gasteiger partial charge in [0.05, 0.1) is 19.2 Å². The summed E-state index contributed by atoms with van der Waals surface area (Å²) in [5.74, 6) is 1.72. The standard InChI is InChI=1S/C20H32N2O3/c1-13-4-5-16-14(12-22-10-8-21(3)9-11-22)17(23)24-20(16)15(13)6-7-19(2)18(20)25-19/h13-16,18H,4-12H2,1-3H3/p+2/t13-,14+,15-,16+,18+,19+,20+/m0/s1. The van der Waals surface area contributed by atoms with Crippen molar-refractivity contribution in [1.82, 2.24) is 0 Å². The number of carbonyl (C=O) groups is 1. The molecule has 7 atom stereocenters. The van der Waals surface area contributed by atoms with Crippen LogP contribution in [0.3, 0.4) is 0 Å². The van der Waals surface area contributed by atoms with Crippen molar-refractivity contribution in [3.63, 3.8) is 0 Å². The van der Waals surface area contributed by atoms with E-state index in [9.17, 15) is 4.79 Å². The lowest BCUT2D eigenvalue weighted by molar-refractivity contribution is -1.00. The Labute approximate surface area is 151 Å². The molecule has 0 aromatic rings. The molecule has 5 aliphatic rings. The van der Waals surface area contributed by atoms with E-state index in [1.807, 2.05) is 0 Å². The summed E-state index contributed by atoms with van der Waals surface area (Å²) in [6, 6.07) is 0. The SMILES string of the molecule is C[C@H]1CC[C@@H]2[C@@H](C[NH+]3CC[NH+](C)CC3)C(=O)O[C@]23[C@H]1CC[C@@]1(C)O[C@@H]31. The van der Waals surface area contributed by atoms with E-state index in [0.717, 1.165) is 25.8 Å². The van der Waals surface area contributed by atoms with Crippen molar-refractivity contribution in [1.29, 1.82) is 0 Å². The van der Waals surface area contributed by atoms with Gasteiger partial charge < -0.3 is 19.3 Å². The molecule has 5 heteroatoms. The highest BCUT2D eigenvalue weighted by Crippen LogP contribution is 2.66. The van der Waals surface area contributed by atoms with E-state index < -0.39 is 0 Å². The zero-order valence-corrected chi connectivity index (χ0v) is 16.0. The largest absolute Gasteiger partial charge is 0.455 e. The maximum absolute atomic E-state index is 13.0. The van der Waals surface area contributed by atoms with Crippen molar-refractivity contribution in [3.8, 4) is 0 Å². The lowest BCUT2D eigenvalue weighted by Gasteiger charge is -2.50. The number of hydrogen-bond donors (Lipinski definition) is 2. The topological polar surface area (TPSA) is 47.7 Å². The number of esters is 1. The number of nitrogens with one attached hydrogen (secondary N) is 2. The molecule has 3 saturated heterocycles. The van der Waals surface area contributed by atoms with Crippen LogP contribution in [0, 0.1) is 23.7 Å². The van der Waals surface area contributed by atoms with Gasteiger partial charge in [0.25, 0.3) is 0 Å². The second kappa shape index (κ2) is 5.43. The molecule has 1 spiro atoms. The van der Waals surface area contributed by atoms with Gasteiger partial charge in [-0.25, -0.2) is 0 Å². The highest BCUT2D eigenvalue weighted by molar-refractivity contribution is 5.77. The fourth-order valence-electron chi connectivity index (χ4n) is 6.83. The Bertz CT molecular complexity index is 575. The van der Waals surface area contributed by atoms with Crippen LogP contribution in [-0.4, -0.2) is 63.0 Å². The first-order valence-electron chi connectivity index (χ1n) is 10.5. The summed E-state index contributed by atoms with van der Waals surface area (Å²) in [5, 5.41) is 0. The van der Waals surface area contributed by atoms with Gasteiger partial charge in [0, 0.05) is 11.8 Å². The van der Waals surface area contributed by atoms with Crippen molar-refractivity contribution in [2.75, 3.05) is 39.8 Å². The van der Waals surface area contributed by atoms with Crippen LogP contribution in [-0.2, 0) is 14.3 Å². The third-order valence-electron chi connectivity index (χ3n) is 8.41. The van der Waals surface area contributed by atoms with Crippen LogP contribution < -0.4 is 9.80 Å². The van der Waals surface area contributed by atoms with Gasteiger partial charge in [0.1, 0.15) is 43.8 Å². The molecule has 140 valence electrons. The maximum Gasteiger partial charge on any atom is 0.315 e. The molecule has 2 N–H and O–H groups in total. The van der Waals surface area contributed by atoms with E-state index >= 15 is 0 Å². The van der Waals surface area contributed by atoms with Crippen LogP contribution in [0.4, 0.5) is 0 Å². The van der Waals surface area contributed by atoms with Crippen molar-refractivity contribution in [3.05, 3.63) is 0 Å². The Morgan fingerprint density at radius 3 is 2.64 bits per heavy atom. The molecular formula is C20H34N2O3+2. The normalized spacial score (nSPS) is 57.2. The fourth-order valence-corrected chi connectivity index (χ4v) is 6.83. The summed E-state index contributed by atoms with van der Waals surface area (Å²) in [6.45, 7) is 10.4. The lowest BCUT2D eigenvalue weighted by atomic mass is 9.55. The number of hydrogen-bond acceptors (Lipinski definition) is 3. The van der Waals surface area contributed by atoms with Crippen LogP contribution in [0.25, 0.3) is 0 Å². The number of quaternary nitrogens is 2. The Kier molecular flexibility index (Phi) is 3.59. The number of carbonyl (C=O) groups excluding carboxylic acids is 1. The second-order valence-electron chi connectivity index (χ2n) is 9.91. The van der Waals surface area contributed by atoms with E-state index in [1.54, 1.807) is 9.80 Å². The van der Waals surface area contributed by atoms with E-state index in [0.29, 0.717) is 17.8 Å². The first-order chi connectivity index (χ1) is 11.9. The lowest BCUT2D eigenvalue weighted by Crippen LogP contribution is -3.27. The summed E-state index contributed by atoms with van der Waals surface area (Å²) >= 11 is 0. The summed E-state index contributed by atoms with van der Waals surface area (Å²) in [4.78, 5) is 16.2. The predicted molar refractivity (Wildman–Crippen MR) is 92.4 cm³/mol. The first kappa shape index (κ1) is 16.5. The van der Waals surface area contributed by atoms with Gasteiger partial charge in [-0.2, -0.15) is 0 Å². The van der Waals surface area contributed by atoms with E-state index in [-0.39, 0.29) is 29.2 Å². The molecule has 0 aromatic heterocycles. The smallest absolute Gasteiger partial charge is 0.315 e. The molecule has 2 aliphatic carbocycles. The number of rotatable bonds is 2. The summed E-state index contributed by atoms with van der Waals surface area (Å²) in [7, 11) is 2.27. The molecule has 2 saturated carbocycles. The minimum atomic E-state index is -0.302. The third-order valence-corrected chi connectivity index (χ3v) is 8.41. The molecule has 0 unspecified atom stereocenters. The first-order valence-corrected chi connectivity index (χ1v) is 10.5. The molecule has 0 aromatic carbocycles. The van der Waals surface area contributed by atoms with Crippen LogP contribution in [0.5, 0.6) is 0 Å². The molecule has 0 bridgehead atoms. The van der Waals surface area contributed by atoms with Crippen molar-refractivity contribution < 1.29 is 24.1 Å². The zero-order chi connectivity index (χ0) is 17.4. The van der Waals surface area contributed by atoms with Crippen LogP contribution in [0.15, 0.2) is 0 Å². The van der Waals surface area contributed by atoms with E-state index in [4.69, 9.17) is 9.47 Å². The Hall–Kier alpha value is -0.650. The Morgan fingerprint density at radius 1 is 1.12 bits per heavy atom. The molecule has 5 fully saturated rings.